The van der Waals surface area contributed by atoms with Crippen LogP contribution in [0.1, 0.15) is 12.8 Å². The maximum Gasteiger partial charge on any atom is 0.151 e. The molecule has 1 aromatic rings. The highest BCUT2D eigenvalue weighted by molar-refractivity contribution is 6.29. The molecule has 4 rings (SSSR count). The Hall–Kier alpha value is -0.960. The van der Waals surface area contributed by atoms with Crippen LogP contribution in [0, 0.1) is 0 Å². The van der Waals surface area contributed by atoms with Crippen LogP contribution in [0.15, 0.2) is 12.1 Å². The van der Waals surface area contributed by atoms with E-state index in [0.29, 0.717) is 11.2 Å². The third-order valence-electron chi connectivity index (χ3n) is 3.02. The van der Waals surface area contributed by atoms with Crippen molar-refractivity contribution in [2.24, 2.45) is 0 Å². The van der Waals surface area contributed by atoms with Crippen molar-refractivity contribution in [1.29, 1.82) is 0 Å². The van der Waals surface area contributed by atoms with Gasteiger partial charge in [-0.1, -0.05) is 11.6 Å². The Bertz CT molecular complexity index is 358. The van der Waals surface area contributed by atoms with E-state index >= 15 is 0 Å². The molecule has 0 unspecified atom stereocenters. The molecule has 4 heteroatoms. The summed E-state index contributed by atoms with van der Waals surface area (Å²) in [6.45, 7) is 2.27. The smallest absolute Gasteiger partial charge is 0.151 e. The van der Waals surface area contributed by atoms with Crippen molar-refractivity contribution in [1.82, 2.24) is 4.98 Å². The summed E-state index contributed by atoms with van der Waals surface area (Å²) in [7, 11) is 0. The summed E-state index contributed by atoms with van der Waals surface area (Å²) < 4.78 is 0. The molecule has 1 fully saturated rings. The van der Waals surface area contributed by atoms with Crippen LogP contribution in [0.25, 0.3) is 0 Å². The van der Waals surface area contributed by atoms with Crippen LogP contribution >= 0.6 is 11.6 Å². The lowest BCUT2D eigenvalue weighted by atomic mass is 10.1. The molecule has 3 aliphatic rings. The number of nitrogens with one attached hydrogen (secondary N) is 1. The van der Waals surface area contributed by atoms with E-state index in [9.17, 15) is 0 Å². The van der Waals surface area contributed by atoms with Crippen LogP contribution in [0.3, 0.4) is 0 Å². The molecular formula is C10H12ClN3. The highest BCUT2D eigenvalue weighted by atomic mass is 35.5. The summed E-state index contributed by atoms with van der Waals surface area (Å²) in [6.07, 6.45) is 2.40. The summed E-state index contributed by atoms with van der Waals surface area (Å²) in [6, 6.07) is 4.50. The molecule has 0 amide bonds. The third-order valence-corrected chi connectivity index (χ3v) is 3.23. The molecule has 74 valence electrons. The van der Waals surface area contributed by atoms with E-state index in [-0.39, 0.29) is 0 Å². The number of aromatic nitrogens is 1. The molecule has 0 atom stereocenters. The Labute approximate surface area is 88.1 Å². The standard InChI is InChI=1S/C10H12ClN3/c11-9-2-1-8-10(13-9)12-7-3-5-14(8)6-4-7/h1-2,7H,3-6H2,(H,12,13). The molecule has 1 N–H and O–H groups in total. The number of anilines is 2. The van der Waals surface area contributed by atoms with E-state index in [4.69, 9.17) is 11.6 Å². The van der Waals surface area contributed by atoms with Crippen LogP contribution in [0.4, 0.5) is 11.5 Å². The van der Waals surface area contributed by atoms with Crippen LogP contribution in [-0.2, 0) is 0 Å². The van der Waals surface area contributed by atoms with Gasteiger partial charge in [0, 0.05) is 19.1 Å². The van der Waals surface area contributed by atoms with Gasteiger partial charge in [0.15, 0.2) is 5.82 Å². The van der Waals surface area contributed by atoms with E-state index in [2.05, 4.69) is 21.3 Å². The van der Waals surface area contributed by atoms with Crippen LogP contribution in [0.5, 0.6) is 0 Å². The van der Waals surface area contributed by atoms with Crippen molar-refractivity contribution >= 4 is 23.1 Å². The normalized spacial score (nSPS) is 20.2. The average molecular weight is 210 g/mol. The molecule has 3 nitrogen and oxygen atoms in total. The molecule has 0 spiro atoms. The summed E-state index contributed by atoms with van der Waals surface area (Å²) in [5, 5.41) is 4.02. The van der Waals surface area contributed by atoms with Crippen molar-refractivity contribution in [2.45, 2.75) is 18.9 Å². The molecule has 0 saturated carbocycles. The predicted molar refractivity (Wildman–Crippen MR) is 58.1 cm³/mol. The topological polar surface area (TPSA) is 28.2 Å². The SMILES string of the molecule is Clc1ccc2c(n1)NC1CCN2CC1. The largest absolute Gasteiger partial charge is 0.368 e. The van der Waals surface area contributed by atoms with Crippen LogP contribution < -0.4 is 10.2 Å². The van der Waals surface area contributed by atoms with Gasteiger partial charge >= 0.3 is 0 Å². The molecule has 1 saturated heterocycles. The minimum atomic E-state index is 0.568. The number of piperidine rings is 1. The Morgan fingerprint density at radius 3 is 2.93 bits per heavy atom. The first kappa shape index (κ1) is 8.36. The quantitative estimate of drug-likeness (QED) is 0.664. The van der Waals surface area contributed by atoms with Gasteiger partial charge in [0.1, 0.15) is 5.15 Å². The van der Waals surface area contributed by atoms with Gasteiger partial charge in [-0.2, -0.15) is 0 Å². The second kappa shape index (κ2) is 3.02. The Morgan fingerprint density at radius 1 is 1.36 bits per heavy atom. The summed E-state index contributed by atoms with van der Waals surface area (Å²) >= 11 is 5.88. The first-order valence-electron chi connectivity index (χ1n) is 5.01. The Kier molecular flexibility index (Phi) is 1.80. The van der Waals surface area contributed by atoms with Crippen molar-refractivity contribution < 1.29 is 0 Å². The van der Waals surface area contributed by atoms with Gasteiger partial charge in [0.05, 0.1) is 5.69 Å². The first-order valence-corrected chi connectivity index (χ1v) is 5.39. The molecule has 14 heavy (non-hydrogen) atoms. The number of fused-ring (bicyclic) bond motifs is 2. The fourth-order valence-electron chi connectivity index (χ4n) is 2.25. The zero-order valence-corrected chi connectivity index (χ0v) is 8.59. The fraction of sp³-hybridized carbons (Fsp3) is 0.500. The van der Waals surface area contributed by atoms with E-state index < -0.39 is 0 Å². The molecule has 1 aromatic heterocycles. The zero-order valence-electron chi connectivity index (χ0n) is 7.83. The van der Waals surface area contributed by atoms with E-state index in [1.54, 1.807) is 0 Å². The zero-order chi connectivity index (χ0) is 9.54. The number of nitrogens with zero attached hydrogens (tertiary/aromatic N) is 2. The number of rotatable bonds is 0. The number of hydrogen-bond donors (Lipinski definition) is 1. The van der Waals surface area contributed by atoms with Gasteiger partial charge in [0.25, 0.3) is 0 Å². The van der Waals surface area contributed by atoms with Gasteiger partial charge < -0.3 is 10.2 Å². The van der Waals surface area contributed by atoms with Gasteiger partial charge in [0.2, 0.25) is 0 Å². The lowest BCUT2D eigenvalue weighted by Crippen LogP contribution is -2.35. The molecule has 2 bridgehead atoms. The first-order chi connectivity index (χ1) is 6.83. The second-order valence-corrected chi connectivity index (χ2v) is 4.29. The monoisotopic (exact) mass is 209 g/mol. The van der Waals surface area contributed by atoms with Crippen molar-refractivity contribution in [3.05, 3.63) is 17.3 Å². The summed E-state index contributed by atoms with van der Waals surface area (Å²) in [5.74, 6) is 0.956. The highest BCUT2D eigenvalue weighted by Crippen LogP contribution is 2.33. The highest BCUT2D eigenvalue weighted by Gasteiger charge is 2.26. The Balaban J connectivity index is 2.10. The van der Waals surface area contributed by atoms with Crippen molar-refractivity contribution in [3.8, 4) is 0 Å². The van der Waals surface area contributed by atoms with Gasteiger partial charge in [-0.25, -0.2) is 4.98 Å². The van der Waals surface area contributed by atoms with Crippen molar-refractivity contribution in [3.63, 3.8) is 0 Å². The van der Waals surface area contributed by atoms with Crippen molar-refractivity contribution in [2.75, 3.05) is 23.3 Å². The molecule has 0 aliphatic carbocycles. The third kappa shape index (κ3) is 1.23. The number of halogens is 1. The number of pyridine rings is 1. The summed E-state index contributed by atoms with van der Waals surface area (Å²) in [5.41, 5.74) is 1.20. The molecular weight excluding hydrogens is 198 g/mol. The van der Waals surface area contributed by atoms with E-state index in [1.165, 1.54) is 18.5 Å². The van der Waals surface area contributed by atoms with Crippen LogP contribution in [-0.4, -0.2) is 24.1 Å². The van der Waals surface area contributed by atoms with Crippen LogP contribution in [0.2, 0.25) is 5.15 Å². The lowest BCUT2D eigenvalue weighted by Gasteiger charge is -2.28. The van der Waals surface area contributed by atoms with Gasteiger partial charge in [-0.05, 0) is 25.0 Å². The molecule has 3 aliphatic heterocycles. The van der Waals surface area contributed by atoms with Gasteiger partial charge in [-0.15, -0.1) is 0 Å². The average Bonchev–Trinajstić information content (AvgIpc) is 2.45. The maximum atomic E-state index is 5.88. The second-order valence-electron chi connectivity index (χ2n) is 3.91. The van der Waals surface area contributed by atoms with Gasteiger partial charge in [-0.3, -0.25) is 0 Å². The Morgan fingerprint density at radius 2 is 2.14 bits per heavy atom. The number of hydrogen-bond acceptors (Lipinski definition) is 3. The molecule has 0 radical (unpaired) electrons. The van der Waals surface area contributed by atoms with E-state index in [0.717, 1.165) is 18.9 Å². The molecule has 4 heterocycles. The lowest BCUT2D eigenvalue weighted by molar-refractivity contribution is 0.540. The fourth-order valence-corrected chi connectivity index (χ4v) is 2.39. The minimum absolute atomic E-state index is 0.568. The minimum Gasteiger partial charge on any atom is -0.368 e. The predicted octanol–water partition coefficient (Wildman–Crippen LogP) is 2.13. The molecule has 0 aromatic carbocycles. The van der Waals surface area contributed by atoms with E-state index in [1.807, 2.05) is 6.07 Å². The maximum absolute atomic E-state index is 5.88. The summed E-state index contributed by atoms with van der Waals surface area (Å²) in [4.78, 5) is 6.71.